The Hall–Kier alpha value is -2.68. The fourth-order valence-electron chi connectivity index (χ4n) is 7.82. The predicted molar refractivity (Wildman–Crippen MR) is 172 cm³/mol. The summed E-state index contributed by atoms with van der Waals surface area (Å²) in [5.74, 6) is -6.87. The number of alkyl halides is 2. The first-order chi connectivity index (χ1) is 22.9. The van der Waals surface area contributed by atoms with Crippen molar-refractivity contribution in [2.45, 2.75) is 127 Å². The molecule has 9 heteroatoms. The second-order valence-corrected chi connectivity index (χ2v) is 14.1. The van der Waals surface area contributed by atoms with Crippen molar-refractivity contribution in [3.05, 3.63) is 88.3 Å². The lowest BCUT2D eigenvalue weighted by Gasteiger charge is -2.36. The van der Waals surface area contributed by atoms with Gasteiger partial charge in [-0.1, -0.05) is 37.6 Å². The van der Waals surface area contributed by atoms with Gasteiger partial charge in [-0.3, -0.25) is 0 Å². The van der Waals surface area contributed by atoms with Crippen LogP contribution in [0.25, 0.3) is 5.83 Å². The number of halogens is 8. The van der Waals surface area contributed by atoms with Crippen molar-refractivity contribution in [2.24, 2.45) is 17.8 Å². The fraction of sp³-hybridized carbons (Fsp3) is 0.590. The van der Waals surface area contributed by atoms with Gasteiger partial charge in [0.2, 0.25) is 0 Å². The van der Waals surface area contributed by atoms with E-state index in [0.717, 1.165) is 50.3 Å². The first-order valence-corrected chi connectivity index (χ1v) is 17.7. The number of benzene rings is 2. The predicted octanol–water partition coefficient (Wildman–Crippen LogP) is 13.0. The first kappa shape index (κ1) is 36.6. The van der Waals surface area contributed by atoms with Gasteiger partial charge in [-0.2, -0.15) is 8.78 Å². The maximum Gasteiger partial charge on any atom is 0.358 e. The molecular weight excluding hydrogens is 636 g/mol. The lowest BCUT2D eigenvalue weighted by molar-refractivity contribution is -0.301. The smallest absolute Gasteiger partial charge is 0.317 e. The van der Waals surface area contributed by atoms with Gasteiger partial charge in [-0.05, 0) is 136 Å². The Morgan fingerprint density at radius 2 is 1.29 bits per heavy atom. The van der Waals surface area contributed by atoms with Crippen LogP contribution in [0, 0.1) is 41.0 Å². The molecule has 3 fully saturated rings. The van der Waals surface area contributed by atoms with Gasteiger partial charge >= 0.3 is 6.11 Å². The molecule has 0 aromatic heterocycles. The van der Waals surface area contributed by atoms with E-state index in [1.807, 2.05) is 6.92 Å². The minimum atomic E-state index is -3.25. The molecule has 2 aromatic rings. The van der Waals surface area contributed by atoms with Gasteiger partial charge in [0.15, 0.2) is 23.3 Å². The van der Waals surface area contributed by atoms with E-state index in [-0.39, 0.29) is 29.7 Å². The van der Waals surface area contributed by atoms with Crippen molar-refractivity contribution in [1.29, 1.82) is 0 Å². The van der Waals surface area contributed by atoms with Crippen LogP contribution in [0.15, 0.2) is 48.3 Å². The van der Waals surface area contributed by atoms with Crippen LogP contribution in [0.4, 0.5) is 35.1 Å². The summed E-state index contributed by atoms with van der Waals surface area (Å²) >= 11 is 0. The maximum atomic E-state index is 15.2. The SMILES string of the molecule is CCCC/C(F)=C(\F)c1ccc(C2CCC(/C=C/C3CCC(C(F)(F)OC4CCC(c5cc(F)c(F)c(F)c5)CC4)CC3)CC2)c(F)c1. The first-order valence-electron chi connectivity index (χ1n) is 17.7. The van der Waals surface area contributed by atoms with Gasteiger partial charge in [0.1, 0.15) is 11.6 Å². The number of unbranched alkanes of at least 4 members (excludes halogenated alkanes) is 1. The van der Waals surface area contributed by atoms with Crippen LogP contribution in [0.3, 0.4) is 0 Å². The Balaban J connectivity index is 1.04. The van der Waals surface area contributed by atoms with Crippen LogP contribution in [-0.4, -0.2) is 12.2 Å². The molecule has 1 nitrogen and oxygen atoms in total. The van der Waals surface area contributed by atoms with Gasteiger partial charge in [-0.15, -0.1) is 0 Å². The van der Waals surface area contributed by atoms with Gasteiger partial charge < -0.3 is 4.74 Å². The van der Waals surface area contributed by atoms with E-state index >= 15 is 8.78 Å². The standard InChI is InChI=1S/C39H46F8O/c1-2-3-4-33(40)37(44)28-15-20-32(34(41)21-28)27-11-7-24(8-12-27)5-6-25-9-16-30(17-10-25)39(46,47)48-31-18-13-26(14-19-31)29-22-35(42)38(45)36(43)23-29/h5-6,15,20-27,30-31H,2-4,7-14,16-19H2,1H3/b6-5+,37-33+. The second-order valence-electron chi connectivity index (χ2n) is 14.1. The molecule has 0 radical (unpaired) electrons. The minimum absolute atomic E-state index is 0.00530. The Bertz CT molecular complexity index is 1400. The quantitative estimate of drug-likeness (QED) is 0.130. The molecule has 3 saturated carbocycles. The van der Waals surface area contributed by atoms with Crippen molar-refractivity contribution < 1.29 is 39.9 Å². The third-order valence-electron chi connectivity index (χ3n) is 10.8. The molecule has 48 heavy (non-hydrogen) atoms. The van der Waals surface area contributed by atoms with E-state index < -0.39 is 53.1 Å². The number of hydrogen-bond acceptors (Lipinski definition) is 1. The van der Waals surface area contributed by atoms with E-state index in [1.165, 1.54) is 6.07 Å². The van der Waals surface area contributed by atoms with Crippen molar-refractivity contribution in [2.75, 3.05) is 0 Å². The van der Waals surface area contributed by atoms with Crippen molar-refractivity contribution in [3.8, 4) is 0 Å². The summed E-state index contributed by atoms with van der Waals surface area (Å²) in [5.41, 5.74) is 0.817. The molecule has 0 heterocycles. The Morgan fingerprint density at radius 3 is 1.85 bits per heavy atom. The molecule has 0 bridgehead atoms. The highest BCUT2D eigenvalue weighted by Crippen LogP contribution is 2.44. The van der Waals surface area contributed by atoms with Gasteiger partial charge in [0.25, 0.3) is 0 Å². The molecule has 5 rings (SSSR count). The van der Waals surface area contributed by atoms with E-state index in [2.05, 4.69) is 12.2 Å². The largest absolute Gasteiger partial charge is 0.358 e. The van der Waals surface area contributed by atoms with Gasteiger partial charge in [0.05, 0.1) is 12.0 Å². The lowest BCUT2D eigenvalue weighted by atomic mass is 9.77. The number of ether oxygens (including phenoxy) is 1. The molecular formula is C39H46F8O. The van der Waals surface area contributed by atoms with Crippen LogP contribution < -0.4 is 0 Å². The third-order valence-corrected chi connectivity index (χ3v) is 10.8. The summed E-state index contributed by atoms with van der Waals surface area (Å²) in [5, 5.41) is 0. The molecule has 0 atom stereocenters. The van der Waals surface area contributed by atoms with E-state index in [9.17, 15) is 26.3 Å². The average molecular weight is 683 g/mol. The Labute approximate surface area is 278 Å². The fourth-order valence-corrected chi connectivity index (χ4v) is 7.82. The summed E-state index contributed by atoms with van der Waals surface area (Å²) in [4.78, 5) is 0. The van der Waals surface area contributed by atoms with E-state index in [4.69, 9.17) is 4.74 Å². The highest BCUT2D eigenvalue weighted by atomic mass is 19.3. The summed E-state index contributed by atoms with van der Waals surface area (Å²) in [7, 11) is 0. The molecule has 0 spiro atoms. The molecule has 0 saturated heterocycles. The third kappa shape index (κ3) is 9.10. The number of hydrogen-bond donors (Lipinski definition) is 0. The molecule has 3 aliphatic carbocycles. The van der Waals surface area contributed by atoms with Crippen molar-refractivity contribution in [1.82, 2.24) is 0 Å². The van der Waals surface area contributed by atoms with Gasteiger partial charge in [0, 0.05) is 12.0 Å². The Kier molecular flexibility index (Phi) is 12.5. The monoisotopic (exact) mass is 682 g/mol. The molecule has 264 valence electrons. The lowest BCUT2D eigenvalue weighted by Crippen LogP contribution is -2.38. The van der Waals surface area contributed by atoms with Crippen LogP contribution in [-0.2, 0) is 4.74 Å². The normalized spacial score (nSPS) is 27.7. The summed E-state index contributed by atoms with van der Waals surface area (Å²) in [6.45, 7) is 1.89. The molecule has 2 aromatic carbocycles. The van der Waals surface area contributed by atoms with E-state index in [0.29, 0.717) is 74.8 Å². The minimum Gasteiger partial charge on any atom is -0.317 e. The van der Waals surface area contributed by atoms with Crippen LogP contribution in [0.1, 0.15) is 132 Å². The molecule has 0 amide bonds. The zero-order chi connectivity index (χ0) is 34.4. The zero-order valence-corrected chi connectivity index (χ0v) is 27.5. The summed E-state index contributed by atoms with van der Waals surface area (Å²) < 4.78 is 120. The number of allylic oxidation sites excluding steroid dienone is 3. The highest BCUT2D eigenvalue weighted by Gasteiger charge is 2.44. The van der Waals surface area contributed by atoms with Crippen LogP contribution in [0.2, 0.25) is 0 Å². The summed E-state index contributed by atoms with van der Waals surface area (Å²) in [6.07, 6.45) is 8.58. The van der Waals surface area contributed by atoms with Gasteiger partial charge in [-0.25, -0.2) is 26.3 Å². The molecule has 0 aliphatic heterocycles. The van der Waals surface area contributed by atoms with Crippen molar-refractivity contribution in [3.63, 3.8) is 0 Å². The average Bonchev–Trinajstić information content (AvgIpc) is 3.08. The summed E-state index contributed by atoms with van der Waals surface area (Å²) in [6, 6.07) is 6.12. The maximum absolute atomic E-state index is 15.2. The number of rotatable bonds is 11. The molecule has 0 unspecified atom stereocenters. The Morgan fingerprint density at radius 1 is 0.729 bits per heavy atom. The van der Waals surface area contributed by atoms with Crippen LogP contribution in [0.5, 0.6) is 0 Å². The molecule has 0 N–H and O–H groups in total. The second kappa shape index (κ2) is 16.4. The topological polar surface area (TPSA) is 9.23 Å². The van der Waals surface area contributed by atoms with Crippen molar-refractivity contribution >= 4 is 5.83 Å². The van der Waals surface area contributed by atoms with Crippen LogP contribution >= 0.6 is 0 Å². The highest BCUT2D eigenvalue weighted by molar-refractivity contribution is 5.61. The van der Waals surface area contributed by atoms with E-state index in [1.54, 1.807) is 6.07 Å². The molecule has 3 aliphatic rings. The zero-order valence-electron chi connectivity index (χ0n) is 27.5.